The minimum absolute atomic E-state index is 0.0760. The monoisotopic (exact) mass is 551 g/mol. The molecule has 11 heteroatoms. The highest BCUT2D eigenvalue weighted by Crippen LogP contribution is 2.26. The fraction of sp³-hybridized carbons (Fsp3) is 0.571. The van der Waals surface area contributed by atoms with Gasteiger partial charge in [0.1, 0.15) is 36.2 Å². The van der Waals surface area contributed by atoms with Gasteiger partial charge in [0.05, 0.1) is 13.2 Å². The average molecular weight is 552 g/mol. The van der Waals surface area contributed by atoms with Gasteiger partial charge in [-0.05, 0) is 38.8 Å². The molecule has 0 spiro atoms. The number of aldehydes is 1. The fourth-order valence-electron chi connectivity index (χ4n) is 3.64. The number of benzene rings is 1. The number of hydrogen-bond donors (Lipinski definition) is 5. The minimum Gasteiger partial charge on any atom is -0.388 e. The van der Waals surface area contributed by atoms with Crippen LogP contribution in [0.3, 0.4) is 0 Å². The van der Waals surface area contributed by atoms with Crippen LogP contribution in [0.1, 0.15) is 58.1 Å². The first-order valence-electron chi connectivity index (χ1n) is 13.0. The van der Waals surface area contributed by atoms with Crippen LogP contribution < -0.4 is 10.2 Å². The summed E-state index contributed by atoms with van der Waals surface area (Å²) in [5, 5.41) is 43.7. The lowest BCUT2D eigenvalue weighted by molar-refractivity contribution is -0.118. The van der Waals surface area contributed by atoms with Crippen LogP contribution in [-0.2, 0) is 14.3 Å². The fourth-order valence-corrected chi connectivity index (χ4v) is 3.64. The summed E-state index contributed by atoms with van der Waals surface area (Å²) in [6.07, 6.45) is -1.58. The summed E-state index contributed by atoms with van der Waals surface area (Å²) in [7, 11) is 1.38. The molecule has 0 radical (unpaired) electrons. The quantitative estimate of drug-likeness (QED) is 0.259. The van der Waals surface area contributed by atoms with Crippen LogP contribution >= 0.6 is 0 Å². The Labute approximate surface area is 231 Å². The summed E-state index contributed by atoms with van der Waals surface area (Å²) in [6.45, 7) is 10.9. The molecule has 0 bridgehead atoms. The number of carbonyl (C=O) groups is 3. The number of aliphatic imine (C=N–C) groups is 1. The second-order valence-corrected chi connectivity index (χ2v) is 8.74. The molecule has 2 rings (SSSR count). The highest BCUT2D eigenvalue weighted by molar-refractivity contribution is 6.16. The number of ketones is 1. The third-order valence-corrected chi connectivity index (χ3v) is 5.45. The lowest BCUT2D eigenvalue weighted by Gasteiger charge is -2.35. The van der Waals surface area contributed by atoms with Crippen molar-refractivity contribution in [2.75, 3.05) is 25.2 Å². The van der Waals surface area contributed by atoms with Gasteiger partial charge in [-0.1, -0.05) is 44.5 Å². The third-order valence-electron chi connectivity index (χ3n) is 5.45. The summed E-state index contributed by atoms with van der Waals surface area (Å²) < 4.78 is 4.84. The molecule has 1 aromatic carbocycles. The lowest BCUT2D eigenvalue weighted by atomic mass is 10.0. The van der Waals surface area contributed by atoms with Crippen LogP contribution in [0, 0.1) is 13.8 Å². The topological polar surface area (TPSA) is 169 Å². The number of amides is 2. The number of hydrogen-bond acceptors (Lipinski definition) is 9. The Hall–Kier alpha value is -2.96. The second-order valence-electron chi connectivity index (χ2n) is 8.74. The number of anilines is 1. The number of urea groups is 1. The predicted molar refractivity (Wildman–Crippen MR) is 151 cm³/mol. The molecule has 0 aromatic heterocycles. The molecule has 0 saturated carbocycles. The third kappa shape index (κ3) is 12.2. The van der Waals surface area contributed by atoms with Gasteiger partial charge in [0, 0.05) is 31.2 Å². The summed E-state index contributed by atoms with van der Waals surface area (Å²) in [6, 6.07) is 4.92. The van der Waals surface area contributed by atoms with Crippen LogP contribution in [0.4, 0.5) is 10.5 Å². The van der Waals surface area contributed by atoms with E-state index in [0.717, 1.165) is 17.4 Å². The van der Waals surface area contributed by atoms with Gasteiger partial charge in [0.25, 0.3) is 0 Å². The number of aliphatic hydroxyl groups is 4. The van der Waals surface area contributed by atoms with Crippen molar-refractivity contribution in [2.45, 2.75) is 85.3 Å². The van der Waals surface area contributed by atoms with Crippen molar-refractivity contribution in [1.82, 2.24) is 5.32 Å². The molecule has 11 nitrogen and oxygen atoms in total. The summed E-state index contributed by atoms with van der Waals surface area (Å²) in [5.74, 6) is 0.250. The molecule has 0 aliphatic carbocycles. The zero-order valence-electron chi connectivity index (χ0n) is 24.0. The number of aliphatic hydroxyl groups excluding tert-OH is 4. The maximum atomic E-state index is 12.0. The second kappa shape index (κ2) is 19.2. The standard InChI is InChI=1S/C21H31N3O6.C5H8O2.C2H6/c1-5-6-14-19(22-21(29)23-20(14)28)24(15-8-7-12(2)9-13(15)3)10-16(25)18(27)17(26)11-30-4;1-5(7)3-2-4-6;1-2/h6-9,16-18,20,25-28H,5,10-11H2,1-4H3,(H,23,29);4H,2-3H2,1H3;1-2H3/b14-6-;;. The molecule has 1 heterocycles. The summed E-state index contributed by atoms with van der Waals surface area (Å²) >= 11 is 0. The molecule has 39 heavy (non-hydrogen) atoms. The van der Waals surface area contributed by atoms with E-state index in [-0.39, 0.29) is 24.8 Å². The molecule has 5 N–H and O–H groups in total. The van der Waals surface area contributed by atoms with E-state index in [1.807, 2.05) is 52.8 Å². The molecule has 4 atom stereocenters. The molecular weight excluding hydrogens is 506 g/mol. The Morgan fingerprint density at radius 3 is 2.33 bits per heavy atom. The maximum Gasteiger partial charge on any atom is 0.345 e. The Morgan fingerprint density at radius 2 is 1.85 bits per heavy atom. The van der Waals surface area contributed by atoms with Gasteiger partial charge in [0.2, 0.25) is 0 Å². The Balaban J connectivity index is 0.00000139. The van der Waals surface area contributed by atoms with Crippen molar-refractivity contribution in [1.29, 1.82) is 0 Å². The number of aryl methyl sites for hydroxylation is 2. The van der Waals surface area contributed by atoms with Crippen LogP contribution in [0.15, 0.2) is 34.8 Å². The zero-order valence-corrected chi connectivity index (χ0v) is 24.0. The first-order valence-corrected chi connectivity index (χ1v) is 13.0. The van der Waals surface area contributed by atoms with E-state index < -0.39 is 30.6 Å². The van der Waals surface area contributed by atoms with Crippen LogP contribution in [0.25, 0.3) is 0 Å². The molecular formula is C28H45N3O8. The highest BCUT2D eigenvalue weighted by Gasteiger charge is 2.33. The first-order chi connectivity index (χ1) is 18.5. The van der Waals surface area contributed by atoms with Gasteiger partial charge >= 0.3 is 6.03 Å². The molecule has 2 amide bonds. The van der Waals surface area contributed by atoms with Crippen molar-refractivity contribution >= 4 is 29.6 Å². The number of nitrogens with zero attached hydrogens (tertiary/aromatic N) is 2. The molecule has 220 valence electrons. The number of Topliss-reactive ketones (excluding diaryl/α,β-unsaturated/α-hetero) is 1. The Bertz CT molecular complexity index is 980. The number of methoxy groups -OCH3 is 1. The SMILES string of the molecule is CC.CC(=O)CCC=O.CC/C=C1/C(N(CC(O)C(O)C(O)COC)c2ccc(C)cc2C)=NC(=O)NC1O. The van der Waals surface area contributed by atoms with Crippen molar-refractivity contribution in [3.05, 3.63) is 41.0 Å². The summed E-state index contributed by atoms with van der Waals surface area (Å²) in [5.41, 5.74) is 2.92. The van der Waals surface area contributed by atoms with Crippen molar-refractivity contribution in [2.24, 2.45) is 4.99 Å². The number of nitrogens with one attached hydrogen (secondary N) is 1. The maximum absolute atomic E-state index is 12.0. The minimum atomic E-state index is -1.49. The predicted octanol–water partition coefficient (Wildman–Crippen LogP) is 2.20. The smallest absolute Gasteiger partial charge is 0.345 e. The van der Waals surface area contributed by atoms with Gasteiger partial charge < -0.3 is 45.0 Å². The average Bonchev–Trinajstić information content (AvgIpc) is 2.89. The molecule has 0 saturated heterocycles. The van der Waals surface area contributed by atoms with E-state index in [1.54, 1.807) is 11.0 Å². The lowest BCUT2D eigenvalue weighted by Crippen LogP contribution is -2.52. The number of carbonyl (C=O) groups excluding carboxylic acids is 3. The van der Waals surface area contributed by atoms with Gasteiger partial charge in [-0.15, -0.1) is 0 Å². The molecule has 1 aromatic rings. The highest BCUT2D eigenvalue weighted by atomic mass is 16.5. The molecule has 1 aliphatic heterocycles. The Kier molecular flexibility index (Phi) is 17.7. The summed E-state index contributed by atoms with van der Waals surface area (Å²) in [4.78, 5) is 37.3. The Morgan fingerprint density at radius 1 is 1.21 bits per heavy atom. The van der Waals surface area contributed by atoms with E-state index in [2.05, 4.69) is 10.3 Å². The number of ether oxygens (including phenoxy) is 1. The number of allylic oxidation sites excluding steroid dienone is 1. The normalized spacial score (nSPS) is 17.8. The van der Waals surface area contributed by atoms with E-state index in [1.165, 1.54) is 14.0 Å². The number of amidine groups is 1. The first kappa shape index (κ1) is 36.0. The van der Waals surface area contributed by atoms with Gasteiger partial charge in [-0.3, -0.25) is 0 Å². The van der Waals surface area contributed by atoms with E-state index in [4.69, 9.17) is 4.74 Å². The van der Waals surface area contributed by atoms with E-state index >= 15 is 0 Å². The van der Waals surface area contributed by atoms with Gasteiger partial charge in [0.15, 0.2) is 6.23 Å². The molecule has 1 aliphatic rings. The largest absolute Gasteiger partial charge is 0.388 e. The van der Waals surface area contributed by atoms with Crippen molar-refractivity contribution < 1.29 is 39.5 Å². The van der Waals surface area contributed by atoms with E-state index in [0.29, 0.717) is 30.5 Å². The van der Waals surface area contributed by atoms with Crippen LogP contribution in [0.2, 0.25) is 0 Å². The van der Waals surface area contributed by atoms with Gasteiger partial charge in [-0.2, -0.15) is 4.99 Å². The van der Waals surface area contributed by atoms with Gasteiger partial charge in [-0.25, -0.2) is 4.79 Å². The van der Waals surface area contributed by atoms with Crippen molar-refractivity contribution in [3.8, 4) is 0 Å². The number of rotatable bonds is 11. The van der Waals surface area contributed by atoms with E-state index in [9.17, 15) is 34.8 Å². The zero-order chi connectivity index (χ0) is 30.1. The van der Waals surface area contributed by atoms with Crippen LogP contribution in [0.5, 0.6) is 0 Å². The van der Waals surface area contributed by atoms with Crippen LogP contribution in [-0.4, -0.2) is 89.2 Å². The molecule has 0 fully saturated rings. The molecule has 4 unspecified atom stereocenters. The van der Waals surface area contributed by atoms with Crippen molar-refractivity contribution in [3.63, 3.8) is 0 Å².